The van der Waals surface area contributed by atoms with Crippen molar-refractivity contribution in [1.82, 2.24) is 9.88 Å². The topological polar surface area (TPSA) is 80.5 Å². The molecule has 0 aromatic carbocycles. The van der Waals surface area contributed by atoms with Crippen molar-refractivity contribution in [1.29, 1.82) is 0 Å². The summed E-state index contributed by atoms with van der Waals surface area (Å²) in [6.07, 6.45) is 2.04. The molecule has 1 aliphatic heterocycles. The Kier molecular flexibility index (Phi) is 5.41. The van der Waals surface area contributed by atoms with Crippen LogP contribution in [0.4, 0.5) is 10.9 Å². The van der Waals surface area contributed by atoms with E-state index in [9.17, 15) is 4.79 Å². The second-order valence-corrected chi connectivity index (χ2v) is 6.45. The van der Waals surface area contributed by atoms with E-state index in [0.717, 1.165) is 25.9 Å². The number of amides is 1. The summed E-state index contributed by atoms with van der Waals surface area (Å²) in [5.41, 5.74) is 5.90. The van der Waals surface area contributed by atoms with Crippen LogP contribution in [0.2, 0.25) is 0 Å². The van der Waals surface area contributed by atoms with Gasteiger partial charge in [0.15, 0.2) is 5.13 Å². The molecule has 1 saturated heterocycles. The van der Waals surface area contributed by atoms with Gasteiger partial charge in [0.1, 0.15) is 10.7 Å². The smallest absolute Gasteiger partial charge is 0.267 e. The predicted molar refractivity (Wildman–Crippen MR) is 85.8 cm³/mol. The second-order valence-electron chi connectivity index (χ2n) is 5.45. The number of rotatable bonds is 5. The number of hydrogen-bond donors (Lipinski definition) is 2. The minimum atomic E-state index is -0.0384. The van der Waals surface area contributed by atoms with Crippen molar-refractivity contribution in [3.63, 3.8) is 0 Å². The molecule has 1 amide bonds. The van der Waals surface area contributed by atoms with Gasteiger partial charge in [0.2, 0.25) is 0 Å². The van der Waals surface area contributed by atoms with Crippen molar-refractivity contribution < 1.29 is 9.53 Å². The molecule has 6 nitrogen and oxygen atoms in total. The van der Waals surface area contributed by atoms with Crippen LogP contribution >= 0.6 is 11.3 Å². The number of carbonyl (C=O) groups excluding carboxylic acids is 1. The van der Waals surface area contributed by atoms with Gasteiger partial charge >= 0.3 is 0 Å². The van der Waals surface area contributed by atoms with E-state index in [2.05, 4.69) is 24.1 Å². The number of anilines is 2. The molecule has 118 valence electrons. The van der Waals surface area contributed by atoms with E-state index in [1.807, 2.05) is 4.90 Å². The minimum absolute atomic E-state index is 0.0384. The zero-order valence-corrected chi connectivity index (χ0v) is 13.7. The molecular formula is C14H24N4O2S. The number of nitrogens with zero attached hydrogens (tertiary/aromatic N) is 2. The number of nitrogen functional groups attached to an aromatic ring is 1. The van der Waals surface area contributed by atoms with Gasteiger partial charge in [-0.05, 0) is 18.8 Å². The van der Waals surface area contributed by atoms with E-state index in [4.69, 9.17) is 10.5 Å². The van der Waals surface area contributed by atoms with E-state index in [0.29, 0.717) is 28.3 Å². The number of nitrogens with one attached hydrogen (secondary N) is 1. The summed E-state index contributed by atoms with van der Waals surface area (Å²) in [4.78, 5) is 19.2. The Morgan fingerprint density at radius 3 is 3.05 bits per heavy atom. The summed E-state index contributed by atoms with van der Waals surface area (Å²) in [6, 6.07) is 0. The number of likely N-dealkylation sites (tertiary alicyclic amines) is 1. The van der Waals surface area contributed by atoms with Gasteiger partial charge in [0.25, 0.3) is 5.91 Å². The Morgan fingerprint density at radius 2 is 2.38 bits per heavy atom. The van der Waals surface area contributed by atoms with Crippen LogP contribution in [0.1, 0.15) is 36.4 Å². The SMILES string of the molecule is CCCNc1nc(N)c(C(=O)N2CCC(C)C(OC)C2)s1. The maximum atomic E-state index is 12.6. The first-order chi connectivity index (χ1) is 10.1. The fourth-order valence-corrected chi connectivity index (χ4v) is 3.34. The molecule has 3 N–H and O–H groups in total. The second kappa shape index (κ2) is 7.09. The van der Waals surface area contributed by atoms with Crippen LogP contribution < -0.4 is 11.1 Å². The van der Waals surface area contributed by atoms with Crippen LogP contribution in [0.25, 0.3) is 0 Å². The maximum absolute atomic E-state index is 12.6. The molecule has 0 radical (unpaired) electrons. The minimum Gasteiger partial charge on any atom is -0.382 e. The molecule has 0 aliphatic carbocycles. The molecule has 7 heteroatoms. The number of hydrogen-bond acceptors (Lipinski definition) is 6. The molecular weight excluding hydrogens is 288 g/mol. The third kappa shape index (κ3) is 3.65. The highest BCUT2D eigenvalue weighted by Gasteiger charge is 2.31. The highest BCUT2D eigenvalue weighted by molar-refractivity contribution is 7.18. The van der Waals surface area contributed by atoms with E-state index in [1.165, 1.54) is 11.3 Å². The molecule has 1 aromatic heterocycles. The number of nitrogens with two attached hydrogens (primary N) is 1. The van der Waals surface area contributed by atoms with Gasteiger partial charge in [-0.1, -0.05) is 25.2 Å². The van der Waals surface area contributed by atoms with Crippen LogP contribution in [0, 0.1) is 5.92 Å². The number of ether oxygens (including phenoxy) is 1. The summed E-state index contributed by atoms with van der Waals surface area (Å²) in [6.45, 7) is 6.42. The van der Waals surface area contributed by atoms with E-state index in [-0.39, 0.29) is 12.0 Å². The lowest BCUT2D eigenvalue weighted by atomic mass is 9.96. The first kappa shape index (κ1) is 16.0. The van der Waals surface area contributed by atoms with Gasteiger partial charge in [-0.3, -0.25) is 4.79 Å². The fraction of sp³-hybridized carbons (Fsp3) is 0.714. The zero-order chi connectivity index (χ0) is 15.4. The third-order valence-corrected chi connectivity index (χ3v) is 4.87. The molecule has 1 aliphatic rings. The van der Waals surface area contributed by atoms with E-state index >= 15 is 0 Å². The summed E-state index contributed by atoms with van der Waals surface area (Å²) in [5, 5.41) is 3.89. The van der Waals surface area contributed by atoms with Gasteiger partial charge in [-0.25, -0.2) is 4.98 Å². The van der Waals surface area contributed by atoms with Gasteiger partial charge in [-0.15, -0.1) is 0 Å². The molecule has 2 heterocycles. The van der Waals surface area contributed by atoms with Crippen LogP contribution in [-0.2, 0) is 4.74 Å². The van der Waals surface area contributed by atoms with Crippen molar-refractivity contribution in [2.75, 3.05) is 37.8 Å². The Hall–Kier alpha value is -1.34. The number of piperidine rings is 1. The maximum Gasteiger partial charge on any atom is 0.267 e. The normalized spacial score (nSPS) is 22.3. The molecule has 1 aromatic rings. The standard InChI is InChI=1S/C14H24N4O2S/c1-4-6-16-14-17-12(15)11(21-14)13(19)18-7-5-9(2)10(8-18)20-3/h9-10H,4-8,15H2,1-3H3,(H,16,17). The van der Waals surface area contributed by atoms with Crippen molar-refractivity contribution in [3.8, 4) is 0 Å². The summed E-state index contributed by atoms with van der Waals surface area (Å²) in [7, 11) is 1.70. The predicted octanol–water partition coefficient (Wildman–Crippen LogP) is 2.04. The molecule has 0 saturated carbocycles. The quantitative estimate of drug-likeness (QED) is 0.869. The largest absolute Gasteiger partial charge is 0.382 e. The van der Waals surface area contributed by atoms with Crippen molar-refractivity contribution in [2.45, 2.75) is 32.8 Å². The lowest BCUT2D eigenvalue weighted by Gasteiger charge is -2.35. The highest BCUT2D eigenvalue weighted by Crippen LogP contribution is 2.28. The molecule has 2 rings (SSSR count). The fourth-order valence-electron chi connectivity index (χ4n) is 2.46. The van der Waals surface area contributed by atoms with Gasteiger partial charge in [0, 0.05) is 26.7 Å². The first-order valence-corrected chi connectivity index (χ1v) is 8.20. The van der Waals surface area contributed by atoms with Gasteiger partial charge < -0.3 is 20.7 Å². The van der Waals surface area contributed by atoms with Crippen LogP contribution in [0.5, 0.6) is 0 Å². The zero-order valence-electron chi connectivity index (χ0n) is 12.9. The van der Waals surface area contributed by atoms with Crippen molar-refractivity contribution in [3.05, 3.63) is 4.88 Å². The van der Waals surface area contributed by atoms with Gasteiger partial charge in [0.05, 0.1) is 6.10 Å². The first-order valence-electron chi connectivity index (χ1n) is 7.39. The van der Waals surface area contributed by atoms with E-state index < -0.39 is 0 Å². The summed E-state index contributed by atoms with van der Waals surface area (Å²) < 4.78 is 5.46. The Balaban J connectivity index is 2.07. The molecule has 2 unspecified atom stereocenters. The average molecular weight is 312 g/mol. The number of aromatic nitrogens is 1. The lowest BCUT2D eigenvalue weighted by Crippen LogP contribution is -2.46. The summed E-state index contributed by atoms with van der Waals surface area (Å²) in [5.74, 6) is 0.749. The average Bonchev–Trinajstić information content (AvgIpc) is 2.86. The van der Waals surface area contributed by atoms with Gasteiger partial charge in [-0.2, -0.15) is 0 Å². The van der Waals surface area contributed by atoms with Crippen LogP contribution in [0.3, 0.4) is 0 Å². The Bertz CT molecular complexity index is 491. The van der Waals surface area contributed by atoms with Crippen molar-refractivity contribution >= 4 is 28.2 Å². The van der Waals surface area contributed by atoms with Crippen LogP contribution in [0.15, 0.2) is 0 Å². The molecule has 0 spiro atoms. The molecule has 21 heavy (non-hydrogen) atoms. The third-order valence-electron chi connectivity index (χ3n) is 3.85. The number of thiazole rings is 1. The van der Waals surface area contributed by atoms with Crippen LogP contribution in [-0.4, -0.2) is 48.6 Å². The lowest BCUT2D eigenvalue weighted by molar-refractivity contribution is -0.00136. The Morgan fingerprint density at radius 1 is 1.62 bits per heavy atom. The molecule has 2 atom stereocenters. The Labute approximate surface area is 129 Å². The molecule has 0 bridgehead atoms. The molecule has 1 fully saturated rings. The van der Waals surface area contributed by atoms with E-state index in [1.54, 1.807) is 7.11 Å². The monoisotopic (exact) mass is 312 g/mol. The number of methoxy groups -OCH3 is 1. The highest BCUT2D eigenvalue weighted by atomic mass is 32.1. The number of carbonyl (C=O) groups is 1. The summed E-state index contributed by atoms with van der Waals surface area (Å²) >= 11 is 1.33. The van der Waals surface area contributed by atoms with Crippen molar-refractivity contribution in [2.24, 2.45) is 5.92 Å².